The van der Waals surface area contributed by atoms with E-state index >= 15 is 0 Å². The highest BCUT2D eigenvalue weighted by molar-refractivity contribution is 6.35. The molecule has 1 aromatic carbocycles. The maximum absolute atomic E-state index is 11.1. The monoisotopic (exact) mass is 180 g/mol. The zero-order valence-electron chi connectivity index (χ0n) is 6.08. The van der Waals surface area contributed by atoms with E-state index in [1.165, 1.54) is 6.26 Å². The lowest BCUT2D eigenvalue weighted by molar-refractivity contribution is 0.519. The second-order valence-electron chi connectivity index (χ2n) is 2.41. The number of hydrogen-bond acceptors (Lipinski definition) is 2. The van der Waals surface area contributed by atoms with Gasteiger partial charge in [0.05, 0.1) is 11.6 Å². The van der Waals surface area contributed by atoms with Gasteiger partial charge < -0.3 is 4.42 Å². The van der Waals surface area contributed by atoms with Gasteiger partial charge in [-0.1, -0.05) is 17.7 Å². The Bertz CT molecular complexity index is 473. The molecule has 0 aliphatic rings. The van der Waals surface area contributed by atoms with Crippen LogP contribution in [0.1, 0.15) is 0 Å². The molecule has 0 saturated carbocycles. The molecule has 3 heteroatoms. The highest BCUT2D eigenvalue weighted by Crippen LogP contribution is 2.19. The first-order valence-corrected chi connectivity index (χ1v) is 3.83. The summed E-state index contributed by atoms with van der Waals surface area (Å²) in [5, 5.41) is 1.82. The predicted octanol–water partition coefficient (Wildman–Crippen LogP) is 2.45. The van der Waals surface area contributed by atoms with Crippen molar-refractivity contribution in [2.75, 3.05) is 0 Å². The molecule has 0 unspecified atom stereocenters. The van der Waals surface area contributed by atoms with Crippen LogP contribution in [-0.4, -0.2) is 0 Å². The first-order chi connectivity index (χ1) is 5.79. The van der Waals surface area contributed by atoms with Gasteiger partial charge in [0, 0.05) is 10.4 Å². The van der Waals surface area contributed by atoms with E-state index in [0.29, 0.717) is 10.4 Å². The van der Waals surface area contributed by atoms with E-state index in [9.17, 15) is 4.79 Å². The molecule has 0 saturated heterocycles. The smallest absolute Gasteiger partial charge is 0.343 e. The topological polar surface area (TPSA) is 30.2 Å². The Morgan fingerprint density at radius 1 is 1.17 bits per heavy atom. The summed E-state index contributed by atoms with van der Waals surface area (Å²) in [4.78, 5) is 11.1. The third-order valence-electron chi connectivity index (χ3n) is 1.68. The minimum Gasteiger partial charge on any atom is -0.431 e. The second-order valence-corrected chi connectivity index (χ2v) is 2.82. The lowest BCUT2D eigenvalue weighted by atomic mass is 10.2. The summed E-state index contributed by atoms with van der Waals surface area (Å²) >= 11 is 5.85. The van der Waals surface area contributed by atoms with Crippen LogP contribution in [0.4, 0.5) is 0 Å². The van der Waals surface area contributed by atoms with Crippen LogP contribution in [0.25, 0.3) is 10.8 Å². The SMILES string of the molecule is O=c1occc2c(Cl)cccc12. The summed E-state index contributed by atoms with van der Waals surface area (Å²) in [6, 6.07) is 6.83. The molecule has 0 fully saturated rings. The molecule has 2 rings (SSSR count). The number of halogens is 1. The van der Waals surface area contributed by atoms with Gasteiger partial charge in [-0.3, -0.25) is 0 Å². The third-order valence-corrected chi connectivity index (χ3v) is 2.01. The summed E-state index contributed by atoms with van der Waals surface area (Å²) in [7, 11) is 0. The fourth-order valence-corrected chi connectivity index (χ4v) is 1.35. The van der Waals surface area contributed by atoms with E-state index in [1.807, 2.05) is 0 Å². The van der Waals surface area contributed by atoms with E-state index in [-0.39, 0.29) is 5.63 Å². The molecule has 12 heavy (non-hydrogen) atoms. The molecule has 0 aliphatic heterocycles. The van der Waals surface area contributed by atoms with Gasteiger partial charge >= 0.3 is 5.63 Å². The minimum atomic E-state index is -0.352. The Balaban J connectivity index is 3.05. The molecular formula is C9H5ClO2. The van der Waals surface area contributed by atoms with Crippen LogP contribution in [0.2, 0.25) is 5.02 Å². The van der Waals surface area contributed by atoms with Crippen molar-refractivity contribution in [3.05, 3.63) is 46.0 Å². The van der Waals surface area contributed by atoms with E-state index < -0.39 is 0 Å². The van der Waals surface area contributed by atoms with Gasteiger partial charge in [0.1, 0.15) is 0 Å². The molecule has 1 heterocycles. The quantitative estimate of drug-likeness (QED) is 0.624. The van der Waals surface area contributed by atoms with Crippen LogP contribution >= 0.6 is 11.6 Å². The highest BCUT2D eigenvalue weighted by atomic mass is 35.5. The first-order valence-electron chi connectivity index (χ1n) is 3.45. The van der Waals surface area contributed by atoms with E-state index in [0.717, 1.165) is 5.39 Å². The molecule has 0 spiro atoms. The zero-order chi connectivity index (χ0) is 8.55. The zero-order valence-corrected chi connectivity index (χ0v) is 6.84. The van der Waals surface area contributed by atoms with Gasteiger partial charge in [-0.2, -0.15) is 0 Å². The van der Waals surface area contributed by atoms with Crippen LogP contribution in [0, 0.1) is 0 Å². The number of benzene rings is 1. The van der Waals surface area contributed by atoms with Crippen molar-refractivity contribution in [1.29, 1.82) is 0 Å². The Morgan fingerprint density at radius 3 is 2.75 bits per heavy atom. The fraction of sp³-hybridized carbons (Fsp3) is 0. The molecule has 0 amide bonds. The Morgan fingerprint density at radius 2 is 2.00 bits per heavy atom. The Hall–Kier alpha value is -1.28. The average molecular weight is 181 g/mol. The fourth-order valence-electron chi connectivity index (χ4n) is 1.11. The van der Waals surface area contributed by atoms with Gasteiger partial charge in [0.2, 0.25) is 0 Å². The summed E-state index contributed by atoms with van der Waals surface area (Å²) in [5.74, 6) is 0. The largest absolute Gasteiger partial charge is 0.431 e. The lowest BCUT2D eigenvalue weighted by Crippen LogP contribution is -1.97. The average Bonchev–Trinajstić information content (AvgIpc) is 2.07. The number of fused-ring (bicyclic) bond motifs is 1. The Kier molecular flexibility index (Phi) is 1.62. The first kappa shape index (κ1) is 7.37. The summed E-state index contributed by atoms with van der Waals surface area (Å²) in [6.45, 7) is 0. The molecule has 0 aliphatic carbocycles. The van der Waals surface area contributed by atoms with Gasteiger partial charge in [-0.05, 0) is 18.2 Å². The maximum Gasteiger partial charge on any atom is 0.343 e. The van der Waals surface area contributed by atoms with Crippen LogP contribution in [-0.2, 0) is 0 Å². The molecule has 0 N–H and O–H groups in total. The second kappa shape index (κ2) is 2.64. The van der Waals surface area contributed by atoms with Crippen molar-refractivity contribution >= 4 is 22.4 Å². The van der Waals surface area contributed by atoms with Crippen LogP contribution in [0.3, 0.4) is 0 Å². The van der Waals surface area contributed by atoms with Crippen molar-refractivity contribution in [3.63, 3.8) is 0 Å². The normalized spacial score (nSPS) is 10.4. The predicted molar refractivity (Wildman–Crippen MR) is 47.5 cm³/mol. The van der Waals surface area contributed by atoms with E-state index in [4.69, 9.17) is 11.6 Å². The number of hydrogen-bond donors (Lipinski definition) is 0. The Labute approximate surface area is 73.4 Å². The van der Waals surface area contributed by atoms with Crippen molar-refractivity contribution in [1.82, 2.24) is 0 Å². The minimum absolute atomic E-state index is 0.352. The summed E-state index contributed by atoms with van der Waals surface area (Å²) < 4.78 is 4.68. The van der Waals surface area contributed by atoms with Gasteiger partial charge in [0.25, 0.3) is 0 Å². The van der Waals surface area contributed by atoms with Gasteiger partial charge in [0.15, 0.2) is 0 Å². The molecule has 0 atom stereocenters. The summed E-state index contributed by atoms with van der Waals surface area (Å²) in [5.41, 5.74) is -0.352. The lowest BCUT2D eigenvalue weighted by Gasteiger charge is -1.95. The summed E-state index contributed by atoms with van der Waals surface area (Å²) in [6.07, 6.45) is 1.34. The van der Waals surface area contributed by atoms with Crippen molar-refractivity contribution in [3.8, 4) is 0 Å². The third kappa shape index (κ3) is 1.01. The van der Waals surface area contributed by atoms with Gasteiger partial charge in [-0.15, -0.1) is 0 Å². The molecule has 0 radical (unpaired) electrons. The van der Waals surface area contributed by atoms with Gasteiger partial charge in [-0.25, -0.2) is 4.79 Å². The van der Waals surface area contributed by atoms with Crippen molar-refractivity contribution < 1.29 is 4.42 Å². The van der Waals surface area contributed by atoms with Crippen LogP contribution in [0.5, 0.6) is 0 Å². The molecule has 60 valence electrons. The highest BCUT2D eigenvalue weighted by Gasteiger charge is 2.00. The van der Waals surface area contributed by atoms with E-state index in [1.54, 1.807) is 24.3 Å². The number of rotatable bonds is 0. The molecule has 1 aromatic heterocycles. The van der Waals surface area contributed by atoms with Crippen LogP contribution in [0.15, 0.2) is 39.7 Å². The van der Waals surface area contributed by atoms with Crippen molar-refractivity contribution in [2.45, 2.75) is 0 Å². The molecule has 0 bridgehead atoms. The standard InChI is InChI=1S/C9H5ClO2/c10-8-3-1-2-7-6(8)4-5-12-9(7)11/h1-5H. The van der Waals surface area contributed by atoms with E-state index in [2.05, 4.69) is 4.42 Å². The molecule has 2 nitrogen and oxygen atoms in total. The molecular weight excluding hydrogens is 176 g/mol. The maximum atomic E-state index is 11.1. The van der Waals surface area contributed by atoms with Crippen molar-refractivity contribution in [2.24, 2.45) is 0 Å². The molecule has 2 aromatic rings. The van der Waals surface area contributed by atoms with Crippen LogP contribution < -0.4 is 5.63 Å².